The minimum atomic E-state index is -0.192. The lowest BCUT2D eigenvalue weighted by Gasteiger charge is -2.17. The van der Waals surface area contributed by atoms with E-state index in [1.807, 2.05) is 61.5 Å². The highest BCUT2D eigenvalue weighted by Crippen LogP contribution is 2.15. The lowest BCUT2D eigenvalue weighted by molar-refractivity contribution is -0.133. The van der Waals surface area contributed by atoms with E-state index < -0.39 is 0 Å². The monoisotopic (exact) mass is 354 g/mol. The third-order valence-electron chi connectivity index (χ3n) is 4.03. The van der Waals surface area contributed by atoms with Crippen LogP contribution in [0.15, 0.2) is 54.6 Å². The first kappa shape index (κ1) is 19.5. The van der Waals surface area contributed by atoms with Crippen LogP contribution in [0.4, 0.5) is 5.69 Å². The van der Waals surface area contributed by atoms with Gasteiger partial charge in [0.05, 0.1) is 13.2 Å². The molecule has 2 aromatic rings. The van der Waals surface area contributed by atoms with Crippen LogP contribution in [0.3, 0.4) is 0 Å². The minimum absolute atomic E-state index is 0.0381. The number of ether oxygens (including phenoxy) is 1. The second-order valence-electron chi connectivity index (χ2n) is 6.07. The first-order valence-electron chi connectivity index (χ1n) is 8.89. The van der Waals surface area contributed by atoms with Gasteiger partial charge in [0, 0.05) is 19.2 Å². The number of anilines is 1. The molecule has 0 bridgehead atoms. The van der Waals surface area contributed by atoms with Crippen LogP contribution in [0, 0.1) is 0 Å². The number of rotatable bonds is 9. The molecule has 0 radical (unpaired) electrons. The Morgan fingerprint density at radius 2 is 1.73 bits per heavy atom. The Kier molecular flexibility index (Phi) is 7.68. The smallest absolute Gasteiger partial charge is 0.243 e. The van der Waals surface area contributed by atoms with Crippen molar-refractivity contribution in [1.82, 2.24) is 4.90 Å². The number of amides is 2. The van der Waals surface area contributed by atoms with Gasteiger partial charge in [-0.3, -0.25) is 9.59 Å². The van der Waals surface area contributed by atoms with E-state index in [2.05, 4.69) is 5.32 Å². The molecule has 0 aromatic heterocycles. The fourth-order valence-corrected chi connectivity index (χ4v) is 2.56. The van der Waals surface area contributed by atoms with Gasteiger partial charge in [-0.2, -0.15) is 0 Å². The molecule has 0 atom stereocenters. The van der Waals surface area contributed by atoms with Crippen molar-refractivity contribution in [3.8, 4) is 5.75 Å². The SMILES string of the molecule is CCc1ccccc1NC(=O)CN(C)C(=O)CCCOc1ccccc1. The number of nitrogens with zero attached hydrogens (tertiary/aromatic N) is 1. The number of aryl methyl sites for hydroxylation is 1. The van der Waals surface area contributed by atoms with Gasteiger partial charge in [0.2, 0.25) is 11.8 Å². The van der Waals surface area contributed by atoms with Crippen LogP contribution in [0.25, 0.3) is 0 Å². The lowest BCUT2D eigenvalue weighted by atomic mass is 10.1. The fraction of sp³-hybridized carbons (Fsp3) is 0.333. The normalized spacial score (nSPS) is 10.2. The summed E-state index contributed by atoms with van der Waals surface area (Å²) in [6.07, 6.45) is 1.80. The molecule has 0 aliphatic heterocycles. The maximum absolute atomic E-state index is 12.2. The molecule has 2 aromatic carbocycles. The predicted octanol–water partition coefficient (Wildman–Crippen LogP) is 3.51. The molecule has 1 N–H and O–H groups in total. The number of hydrogen-bond acceptors (Lipinski definition) is 3. The quantitative estimate of drug-likeness (QED) is 0.701. The topological polar surface area (TPSA) is 58.6 Å². The molecule has 0 heterocycles. The standard InChI is InChI=1S/C21H26N2O3/c1-3-17-10-7-8-13-19(17)22-20(24)16-23(2)21(25)14-9-15-26-18-11-5-4-6-12-18/h4-8,10-13H,3,9,14-16H2,1-2H3,(H,22,24). The Bertz CT molecular complexity index is 716. The molecule has 2 amide bonds. The molecule has 0 saturated carbocycles. The molecular weight excluding hydrogens is 328 g/mol. The highest BCUT2D eigenvalue weighted by Gasteiger charge is 2.13. The van der Waals surface area contributed by atoms with Crippen LogP contribution >= 0.6 is 0 Å². The number of nitrogens with one attached hydrogen (secondary N) is 1. The van der Waals surface area contributed by atoms with Gasteiger partial charge in [-0.05, 0) is 36.6 Å². The Hall–Kier alpha value is -2.82. The van der Waals surface area contributed by atoms with Gasteiger partial charge in [-0.15, -0.1) is 0 Å². The van der Waals surface area contributed by atoms with Crippen molar-refractivity contribution in [1.29, 1.82) is 0 Å². The predicted molar refractivity (Wildman–Crippen MR) is 103 cm³/mol. The van der Waals surface area contributed by atoms with Crippen molar-refractivity contribution in [2.24, 2.45) is 0 Å². The first-order chi connectivity index (χ1) is 12.6. The van der Waals surface area contributed by atoms with Gasteiger partial charge in [0.25, 0.3) is 0 Å². The van der Waals surface area contributed by atoms with Crippen LogP contribution in [0.1, 0.15) is 25.3 Å². The van der Waals surface area contributed by atoms with Gasteiger partial charge in [0.1, 0.15) is 5.75 Å². The summed E-state index contributed by atoms with van der Waals surface area (Å²) < 4.78 is 5.57. The molecular formula is C21H26N2O3. The summed E-state index contributed by atoms with van der Waals surface area (Å²) in [5.41, 5.74) is 1.88. The molecule has 0 spiro atoms. The van der Waals surface area contributed by atoms with E-state index in [1.54, 1.807) is 7.05 Å². The van der Waals surface area contributed by atoms with Crippen molar-refractivity contribution >= 4 is 17.5 Å². The lowest BCUT2D eigenvalue weighted by Crippen LogP contribution is -2.35. The number of para-hydroxylation sites is 2. The summed E-state index contributed by atoms with van der Waals surface area (Å²) in [7, 11) is 1.64. The van der Waals surface area contributed by atoms with E-state index in [0.29, 0.717) is 19.4 Å². The summed E-state index contributed by atoms with van der Waals surface area (Å²) in [4.78, 5) is 25.8. The van der Waals surface area contributed by atoms with Gasteiger partial charge >= 0.3 is 0 Å². The zero-order valence-corrected chi connectivity index (χ0v) is 15.4. The zero-order valence-electron chi connectivity index (χ0n) is 15.4. The maximum atomic E-state index is 12.2. The Morgan fingerprint density at radius 1 is 1.04 bits per heavy atom. The van der Waals surface area contributed by atoms with Crippen molar-refractivity contribution in [3.05, 3.63) is 60.2 Å². The highest BCUT2D eigenvalue weighted by molar-refractivity contribution is 5.95. The molecule has 138 valence electrons. The largest absolute Gasteiger partial charge is 0.494 e. The van der Waals surface area contributed by atoms with Gasteiger partial charge in [-0.1, -0.05) is 43.3 Å². The third-order valence-corrected chi connectivity index (χ3v) is 4.03. The second kappa shape index (κ2) is 10.2. The third kappa shape index (κ3) is 6.24. The molecule has 0 saturated heterocycles. The molecule has 2 rings (SSSR count). The number of benzene rings is 2. The number of hydrogen-bond donors (Lipinski definition) is 1. The Balaban J connectivity index is 1.71. The van der Waals surface area contributed by atoms with Crippen molar-refractivity contribution in [2.75, 3.05) is 25.5 Å². The molecule has 5 heteroatoms. The van der Waals surface area contributed by atoms with Crippen LogP contribution < -0.4 is 10.1 Å². The highest BCUT2D eigenvalue weighted by atomic mass is 16.5. The molecule has 26 heavy (non-hydrogen) atoms. The number of carbonyl (C=O) groups is 2. The van der Waals surface area contributed by atoms with Crippen molar-refractivity contribution in [3.63, 3.8) is 0 Å². The molecule has 0 aliphatic rings. The van der Waals surface area contributed by atoms with E-state index in [1.165, 1.54) is 4.90 Å². The van der Waals surface area contributed by atoms with E-state index in [4.69, 9.17) is 4.74 Å². The van der Waals surface area contributed by atoms with Crippen LogP contribution in [-0.2, 0) is 16.0 Å². The van der Waals surface area contributed by atoms with Gasteiger partial charge < -0.3 is 15.0 Å². The van der Waals surface area contributed by atoms with Gasteiger partial charge in [-0.25, -0.2) is 0 Å². The summed E-state index contributed by atoms with van der Waals surface area (Å²) in [6, 6.07) is 17.2. The second-order valence-corrected chi connectivity index (χ2v) is 6.07. The van der Waals surface area contributed by atoms with Crippen LogP contribution in [0.5, 0.6) is 5.75 Å². The van der Waals surface area contributed by atoms with Crippen LogP contribution in [-0.4, -0.2) is 36.9 Å². The fourth-order valence-electron chi connectivity index (χ4n) is 2.56. The molecule has 5 nitrogen and oxygen atoms in total. The molecule has 0 fully saturated rings. The molecule has 0 unspecified atom stereocenters. The van der Waals surface area contributed by atoms with Crippen LogP contribution in [0.2, 0.25) is 0 Å². The first-order valence-corrected chi connectivity index (χ1v) is 8.89. The Labute approximate surface area is 155 Å². The number of carbonyl (C=O) groups excluding carboxylic acids is 2. The van der Waals surface area contributed by atoms with E-state index >= 15 is 0 Å². The average molecular weight is 354 g/mol. The summed E-state index contributed by atoms with van der Waals surface area (Å²) in [5.74, 6) is 0.533. The average Bonchev–Trinajstić information content (AvgIpc) is 2.66. The van der Waals surface area contributed by atoms with E-state index in [9.17, 15) is 9.59 Å². The minimum Gasteiger partial charge on any atom is -0.494 e. The summed E-state index contributed by atoms with van der Waals surface area (Å²) in [6.45, 7) is 2.55. The summed E-state index contributed by atoms with van der Waals surface area (Å²) >= 11 is 0. The zero-order chi connectivity index (χ0) is 18.8. The van der Waals surface area contributed by atoms with E-state index in [-0.39, 0.29) is 18.4 Å². The van der Waals surface area contributed by atoms with Crippen molar-refractivity contribution in [2.45, 2.75) is 26.2 Å². The van der Waals surface area contributed by atoms with Crippen molar-refractivity contribution < 1.29 is 14.3 Å². The van der Waals surface area contributed by atoms with Gasteiger partial charge in [0.15, 0.2) is 0 Å². The summed E-state index contributed by atoms with van der Waals surface area (Å²) in [5, 5.41) is 2.88. The molecule has 0 aliphatic carbocycles. The Morgan fingerprint density at radius 3 is 2.46 bits per heavy atom. The van der Waals surface area contributed by atoms with E-state index in [0.717, 1.165) is 23.4 Å². The maximum Gasteiger partial charge on any atom is 0.243 e. The number of likely N-dealkylation sites (N-methyl/N-ethyl adjacent to an activating group) is 1.